The summed E-state index contributed by atoms with van der Waals surface area (Å²) in [5.74, 6) is 0.178. The first-order chi connectivity index (χ1) is 14.6. The summed E-state index contributed by atoms with van der Waals surface area (Å²) >= 11 is 0. The number of fused-ring (bicyclic) bond motifs is 1. The maximum absolute atomic E-state index is 13.3. The van der Waals surface area contributed by atoms with Crippen molar-refractivity contribution in [2.45, 2.75) is 45.7 Å². The van der Waals surface area contributed by atoms with Gasteiger partial charge in [0, 0.05) is 48.1 Å². The Morgan fingerprint density at radius 1 is 1.03 bits per heavy atom. The average Bonchev–Trinajstić information content (AvgIpc) is 2.95. The fraction of sp³-hybridized carbons (Fsp3) is 0.400. The Hall–Kier alpha value is -2.76. The maximum atomic E-state index is 13.3. The minimum atomic E-state index is -4.38. The van der Waals surface area contributed by atoms with Crippen LogP contribution in [-0.4, -0.2) is 35.5 Å². The van der Waals surface area contributed by atoms with Crippen molar-refractivity contribution in [3.05, 3.63) is 59.2 Å². The van der Waals surface area contributed by atoms with Gasteiger partial charge < -0.3 is 10.0 Å². The molecule has 1 N–H and O–H groups in total. The molecule has 0 spiro atoms. The molecule has 2 aromatic rings. The van der Waals surface area contributed by atoms with Gasteiger partial charge in [0.2, 0.25) is 5.69 Å². The van der Waals surface area contributed by atoms with E-state index in [1.165, 1.54) is 6.07 Å². The number of hydrogen-bond acceptors (Lipinski definition) is 2. The Morgan fingerprint density at radius 2 is 1.71 bits per heavy atom. The molecular formula is C25H30F3N2O+. The number of phenolic OH excluding ortho intramolecular Hbond substituents is 1. The van der Waals surface area contributed by atoms with Crippen molar-refractivity contribution < 1.29 is 22.9 Å². The van der Waals surface area contributed by atoms with Gasteiger partial charge in [-0.15, -0.1) is 0 Å². The Kier molecular flexibility index (Phi) is 6.21. The highest BCUT2D eigenvalue weighted by atomic mass is 19.4. The highest BCUT2D eigenvalue weighted by molar-refractivity contribution is 6.05. The molecule has 0 amide bonds. The van der Waals surface area contributed by atoms with Crippen molar-refractivity contribution in [3.8, 4) is 5.75 Å². The fourth-order valence-corrected chi connectivity index (χ4v) is 4.38. The van der Waals surface area contributed by atoms with Crippen molar-refractivity contribution in [2.75, 3.05) is 25.0 Å². The molecule has 1 atom stereocenters. The van der Waals surface area contributed by atoms with Crippen LogP contribution >= 0.6 is 0 Å². The molecule has 1 unspecified atom stereocenters. The van der Waals surface area contributed by atoms with Crippen LogP contribution in [0.2, 0.25) is 0 Å². The number of anilines is 1. The highest BCUT2D eigenvalue weighted by Gasteiger charge is 2.46. The molecule has 31 heavy (non-hydrogen) atoms. The van der Waals surface area contributed by atoms with Crippen LogP contribution in [0.25, 0.3) is 6.08 Å². The molecule has 0 aliphatic carbocycles. The van der Waals surface area contributed by atoms with Gasteiger partial charge in [-0.05, 0) is 57.5 Å². The summed E-state index contributed by atoms with van der Waals surface area (Å²) in [5, 5.41) is 10.5. The van der Waals surface area contributed by atoms with E-state index in [9.17, 15) is 18.3 Å². The van der Waals surface area contributed by atoms with Crippen molar-refractivity contribution in [3.63, 3.8) is 0 Å². The normalized spacial score (nSPS) is 18.7. The minimum Gasteiger partial charge on any atom is -0.507 e. The average molecular weight is 432 g/mol. The first-order valence-corrected chi connectivity index (χ1v) is 10.7. The summed E-state index contributed by atoms with van der Waals surface area (Å²) < 4.78 is 41.8. The number of aromatic hydroxyl groups is 1. The summed E-state index contributed by atoms with van der Waals surface area (Å²) in [6.45, 7) is 9.77. The summed E-state index contributed by atoms with van der Waals surface area (Å²) in [6, 6.07) is 9.54. The van der Waals surface area contributed by atoms with E-state index < -0.39 is 17.2 Å². The van der Waals surface area contributed by atoms with Gasteiger partial charge >= 0.3 is 6.18 Å². The number of rotatable bonds is 6. The van der Waals surface area contributed by atoms with Crippen LogP contribution in [0, 0.1) is 0 Å². The predicted octanol–water partition coefficient (Wildman–Crippen LogP) is 6.37. The van der Waals surface area contributed by atoms with E-state index in [0.717, 1.165) is 36.2 Å². The van der Waals surface area contributed by atoms with Crippen molar-refractivity contribution in [2.24, 2.45) is 0 Å². The Balaban J connectivity index is 1.99. The summed E-state index contributed by atoms with van der Waals surface area (Å²) in [4.78, 5) is 2.15. The van der Waals surface area contributed by atoms with Crippen LogP contribution in [-0.2, 0) is 11.6 Å². The predicted molar refractivity (Wildman–Crippen MR) is 121 cm³/mol. The van der Waals surface area contributed by atoms with Crippen LogP contribution in [0.5, 0.6) is 5.75 Å². The lowest BCUT2D eigenvalue weighted by Gasteiger charge is -2.22. The molecular weight excluding hydrogens is 401 g/mol. The second-order valence-corrected chi connectivity index (χ2v) is 8.11. The molecule has 3 rings (SSSR count). The number of allylic oxidation sites excluding steroid dienone is 1. The third-order valence-electron chi connectivity index (χ3n) is 6.48. The SMILES string of the molecule is CCN(CC)c1ccc(/C=C/C2=[N+](C)c3ccc(C(F)(F)F)cc3C2(C)CC)c(O)c1. The molecule has 0 saturated heterocycles. The zero-order valence-electron chi connectivity index (χ0n) is 18.7. The quantitative estimate of drug-likeness (QED) is 0.538. The fourth-order valence-electron chi connectivity index (χ4n) is 4.38. The molecule has 2 aromatic carbocycles. The standard InChI is InChI=1S/C25H29F3N2O/c1-6-24(4)20-15-18(25(26,27)28)11-13-21(20)29(5)23(24)14-10-17-9-12-19(16-22(17)31)30(7-2)8-3/h9-16H,6-8H2,1-5H3/p+1. The van der Waals surface area contributed by atoms with Crippen LogP contribution in [0.4, 0.5) is 24.5 Å². The van der Waals surface area contributed by atoms with Crippen LogP contribution in [0.1, 0.15) is 50.8 Å². The number of nitrogens with zero attached hydrogens (tertiary/aromatic N) is 2. The Morgan fingerprint density at radius 3 is 2.26 bits per heavy atom. The van der Waals surface area contributed by atoms with Gasteiger partial charge in [0.25, 0.3) is 0 Å². The van der Waals surface area contributed by atoms with E-state index >= 15 is 0 Å². The largest absolute Gasteiger partial charge is 0.507 e. The molecule has 0 fully saturated rings. The molecule has 1 heterocycles. The topological polar surface area (TPSA) is 26.5 Å². The molecule has 1 aliphatic heterocycles. The van der Waals surface area contributed by atoms with Gasteiger partial charge in [0.15, 0.2) is 5.71 Å². The first-order valence-electron chi connectivity index (χ1n) is 10.7. The smallest absolute Gasteiger partial charge is 0.416 e. The van der Waals surface area contributed by atoms with Crippen LogP contribution in [0.15, 0.2) is 42.5 Å². The lowest BCUT2D eigenvalue weighted by atomic mass is 9.76. The lowest BCUT2D eigenvalue weighted by Crippen LogP contribution is -2.29. The highest BCUT2D eigenvalue weighted by Crippen LogP contribution is 2.44. The summed E-state index contributed by atoms with van der Waals surface area (Å²) in [5.41, 5.74) is 2.79. The van der Waals surface area contributed by atoms with E-state index in [0.29, 0.717) is 17.5 Å². The number of halogens is 3. The number of phenols is 1. The maximum Gasteiger partial charge on any atom is 0.416 e. The molecule has 0 aromatic heterocycles. The zero-order valence-corrected chi connectivity index (χ0v) is 18.7. The number of hydrogen-bond donors (Lipinski definition) is 1. The molecule has 0 bridgehead atoms. The molecule has 0 saturated carbocycles. The minimum absolute atomic E-state index is 0.178. The van der Waals surface area contributed by atoms with Gasteiger partial charge in [0.05, 0.1) is 11.0 Å². The Bertz CT molecular complexity index is 1040. The third-order valence-corrected chi connectivity index (χ3v) is 6.48. The second-order valence-electron chi connectivity index (χ2n) is 8.11. The number of alkyl halides is 3. The van der Waals surface area contributed by atoms with Gasteiger partial charge in [-0.3, -0.25) is 0 Å². The van der Waals surface area contributed by atoms with Crippen LogP contribution < -0.4 is 4.90 Å². The Labute approximate surface area is 182 Å². The van der Waals surface area contributed by atoms with Crippen molar-refractivity contribution in [1.29, 1.82) is 0 Å². The van der Waals surface area contributed by atoms with E-state index in [1.807, 2.05) is 49.8 Å². The molecule has 3 nitrogen and oxygen atoms in total. The van der Waals surface area contributed by atoms with Crippen LogP contribution in [0.3, 0.4) is 0 Å². The monoisotopic (exact) mass is 431 g/mol. The van der Waals surface area contributed by atoms with E-state index in [-0.39, 0.29) is 5.75 Å². The van der Waals surface area contributed by atoms with Gasteiger partial charge in [-0.2, -0.15) is 17.7 Å². The van der Waals surface area contributed by atoms with Gasteiger partial charge in [-0.25, -0.2) is 0 Å². The molecule has 0 radical (unpaired) electrons. The molecule has 166 valence electrons. The van der Waals surface area contributed by atoms with Crippen molar-refractivity contribution >= 4 is 23.2 Å². The van der Waals surface area contributed by atoms with E-state index in [2.05, 4.69) is 18.7 Å². The van der Waals surface area contributed by atoms with E-state index in [4.69, 9.17) is 0 Å². The lowest BCUT2D eigenvalue weighted by molar-refractivity contribution is -0.401. The first kappa shape index (κ1) is 22.9. The summed E-state index contributed by atoms with van der Waals surface area (Å²) in [7, 11) is 1.87. The van der Waals surface area contributed by atoms with Crippen molar-refractivity contribution in [1.82, 2.24) is 0 Å². The van der Waals surface area contributed by atoms with Gasteiger partial charge in [-0.1, -0.05) is 6.92 Å². The number of benzene rings is 2. The van der Waals surface area contributed by atoms with E-state index in [1.54, 1.807) is 12.1 Å². The third kappa shape index (κ3) is 4.08. The van der Waals surface area contributed by atoms with Gasteiger partial charge in [0.1, 0.15) is 12.8 Å². The zero-order chi connectivity index (χ0) is 23.0. The second kappa shape index (κ2) is 8.40. The molecule has 6 heteroatoms. The summed E-state index contributed by atoms with van der Waals surface area (Å²) in [6.07, 6.45) is 0.0119. The molecule has 1 aliphatic rings.